The summed E-state index contributed by atoms with van der Waals surface area (Å²) in [6, 6.07) is 1.35. The van der Waals surface area contributed by atoms with E-state index < -0.39 is 18.9 Å². The van der Waals surface area contributed by atoms with Gasteiger partial charge in [-0.1, -0.05) is 0 Å². The van der Waals surface area contributed by atoms with Gasteiger partial charge in [0.1, 0.15) is 12.2 Å². The summed E-state index contributed by atoms with van der Waals surface area (Å²) in [5.41, 5.74) is 2.20. The lowest BCUT2D eigenvalue weighted by atomic mass is 10.4. The Morgan fingerprint density at radius 3 is 2.88 bits per heavy atom. The highest BCUT2D eigenvalue weighted by molar-refractivity contribution is 5.91. The first-order valence-electron chi connectivity index (χ1n) is 4.76. The molecule has 0 radical (unpaired) electrons. The monoisotopic (exact) mass is 233 g/mol. The topological polar surface area (TPSA) is 56.1 Å². The predicted molar refractivity (Wildman–Crippen MR) is 51.9 cm³/mol. The molecule has 0 atom stereocenters. The van der Waals surface area contributed by atoms with Gasteiger partial charge in [0.25, 0.3) is 12.3 Å². The maximum Gasteiger partial charge on any atom is 0.293 e. The Labute approximate surface area is 91.3 Å². The van der Waals surface area contributed by atoms with Crippen LogP contribution >= 0.6 is 0 Å². The van der Waals surface area contributed by atoms with Gasteiger partial charge in [-0.05, 0) is 19.9 Å². The number of nitrogens with one attached hydrogen (secondary N) is 1. The van der Waals surface area contributed by atoms with E-state index >= 15 is 0 Å². The van der Waals surface area contributed by atoms with Gasteiger partial charge in [0.05, 0.1) is 6.10 Å². The van der Waals surface area contributed by atoms with E-state index in [1.54, 1.807) is 13.8 Å². The van der Waals surface area contributed by atoms with E-state index in [0.29, 0.717) is 0 Å². The summed E-state index contributed by atoms with van der Waals surface area (Å²) in [5, 5.41) is 3.62. The van der Waals surface area contributed by atoms with Gasteiger partial charge in [0.15, 0.2) is 0 Å². The maximum absolute atomic E-state index is 12.1. The van der Waals surface area contributed by atoms with Gasteiger partial charge in [-0.2, -0.15) is 5.10 Å². The molecular formula is C9H13F2N3O2. The third-order valence-electron chi connectivity index (χ3n) is 1.65. The molecule has 0 fully saturated rings. The summed E-state index contributed by atoms with van der Waals surface area (Å²) in [6.07, 6.45) is -1.46. The van der Waals surface area contributed by atoms with E-state index in [4.69, 9.17) is 4.84 Å². The van der Waals surface area contributed by atoms with Gasteiger partial charge >= 0.3 is 0 Å². The van der Waals surface area contributed by atoms with E-state index in [-0.39, 0.29) is 11.8 Å². The number of aromatic nitrogens is 2. The Morgan fingerprint density at radius 2 is 2.31 bits per heavy atom. The third-order valence-corrected chi connectivity index (χ3v) is 1.65. The van der Waals surface area contributed by atoms with Crippen molar-refractivity contribution >= 4 is 5.91 Å². The number of nitrogens with zero attached hydrogens (tertiary/aromatic N) is 2. The van der Waals surface area contributed by atoms with Gasteiger partial charge in [-0.3, -0.25) is 14.3 Å². The number of hydroxylamine groups is 1. The van der Waals surface area contributed by atoms with Gasteiger partial charge in [0.2, 0.25) is 0 Å². The second-order valence-electron chi connectivity index (χ2n) is 3.39. The second kappa shape index (κ2) is 5.55. The number of amides is 1. The molecule has 7 heteroatoms. The fraction of sp³-hybridized carbons (Fsp3) is 0.556. The van der Waals surface area contributed by atoms with Crippen LogP contribution in [-0.4, -0.2) is 28.2 Å². The molecule has 1 heterocycles. The number of carbonyl (C=O) groups excluding carboxylic acids is 1. The lowest BCUT2D eigenvalue weighted by molar-refractivity contribution is -0.000733. The van der Waals surface area contributed by atoms with Crippen LogP contribution in [0.3, 0.4) is 0 Å². The number of halogens is 2. The van der Waals surface area contributed by atoms with Crippen molar-refractivity contribution in [1.29, 1.82) is 0 Å². The zero-order valence-electron chi connectivity index (χ0n) is 8.98. The van der Waals surface area contributed by atoms with E-state index in [1.807, 2.05) is 0 Å². The number of hydrogen-bond donors (Lipinski definition) is 1. The first-order valence-corrected chi connectivity index (χ1v) is 4.76. The van der Waals surface area contributed by atoms with E-state index in [1.165, 1.54) is 12.3 Å². The Morgan fingerprint density at radius 1 is 1.62 bits per heavy atom. The number of hydrogen-bond acceptors (Lipinski definition) is 3. The standard InChI is InChI=1S/C9H13F2N3O2/c1-6(2)16-13-9(15)7-3-4-12-14(7)5-8(10)11/h3-4,6,8H,5H2,1-2H3,(H,13,15). The molecule has 0 aliphatic heterocycles. The third kappa shape index (κ3) is 3.58. The fourth-order valence-electron chi connectivity index (χ4n) is 1.03. The first kappa shape index (κ1) is 12.6. The molecule has 0 bridgehead atoms. The van der Waals surface area contributed by atoms with Crippen LogP contribution in [0.1, 0.15) is 24.3 Å². The molecular weight excluding hydrogens is 220 g/mol. The molecule has 1 aromatic rings. The van der Waals surface area contributed by atoms with E-state index in [0.717, 1.165) is 4.68 Å². The smallest absolute Gasteiger partial charge is 0.271 e. The summed E-state index contributed by atoms with van der Waals surface area (Å²) in [4.78, 5) is 16.3. The summed E-state index contributed by atoms with van der Waals surface area (Å²) >= 11 is 0. The van der Waals surface area contributed by atoms with Crippen LogP contribution in [0.25, 0.3) is 0 Å². The summed E-state index contributed by atoms with van der Waals surface area (Å²) in [5.74, 6) is -0.591. The molecule has 0 aliphatic rings. The van der Waals surface area contributed by atoms with Crippen LogP contribution in [0.5, 0.6) is 0 Å². The molecule has 16 heavy (non-hydrogen) atoms. The van der Waals surface area contributed by atoms with Crippen molar-refractivity contribution in [2.45, 2.75) is 32.9 Å². The van der Waals surface area contributed by atoms with Crippen LogP contribution in [-0.2, 0) is 11.4 Å². The van der Waals surface area contributed by atoms with Crippen LogP contribution in [0.15, 0.2) is 12.3 Å². The zero-order valence-corrected chi connectivity index (χ0v) is 8.98. The van der Waals surface area contributed by atoms with Crippen LogP contribution < -0.4 is 5.48 Å². The Balaban J connectivity index is 2.64. The highest BCUT2D eigenvalue weighted by Crippen LogP contribution is 2.03. The first-order chi connectivity index (χ1) is 7.50. The molecule has 0 saturated heterocycles. The molecule has 0 aliphatic carbocycles. The van der Waals surface area contributed by atoms with Crippen LogP contribution in [0.2, 0.25) is 0 Å². The second-order valence-corrected chi connectivity index (χ2v) is 3.39. The summed E-state index contributed by atoms with van der Waals surface area (Å²) < 4.78 is 25.2. The lowest BCUT2D eigenvalue weighted by Gasteiger charge is -2.09. The molecule has 0 unspecified atom stereocenters. The van der Waals surface area contributed by atoms with Crippen molar-refractivity contribution < 1.29 is 18.4 Å². The van der Waals surface area contributed by atoms with Gasteiger partial charge in [-0.15, -0.1) is 0 Å². The largest absolute Gasteiger partial charge is 0.293 e. The number of rotatable bonds is 5. The quantitative estimate of drug-likeness (QED) is 0.778. The molecule has 5 nitrogen and oxygen atoms in total. The van der Waals surface area contributed by atoms with Crippen LogP contribution in [0.4, 0.5) is 8.78 Å². The number of alkyl halides is 2. The zero-order chi connectivity index (χ0) is 12.1. The molecule has 1 aromatic heterocycles. The Hall–Kier alpha value is -1.50. The summed E-state index contributed by atoms with van der Waals surface area (Å²) in [6.45, 7) is 2.85. The van der Waals surface area contributed by atoms with Crippen molar-refractivity contribution in [3.05, 3.63) is 18.0 Å². The minimum atomic E-state index is -2.56. The molecule has 90 valence electrons. The molecule has 0 spiro atoms. The molecule has 0 aromatic carbocycles. The Kier molecular flexibility index (Phi) is 4.36. The molecule has 1 amide bonds. The van der Waals surface area contributed by atoms with Crippen molar-refractivity contribution in [2.24, 2.45) is 0 Å². The van der Waals surface area contributed by atoms with Gasteiger partial charge in [-0.25, -0.2) is 14.3 Å². The van der Waals surface area contributed by atoms with Crippen molar-refractivity contribution in [2.75, 3.05) is 0 Å². The maximum atomic E-state index is 12.1. The molecule has 0 saturated carbocycles. The fourth-order valence-corrected chi connectivity index (χ4v) is 1.03. The van der Waals surface area contributed by atoms with E-state index in [9.17, 15) is 13.6 Å². The predicted octanol–water partition coefficient (Wildman–Crippen LogP) is 1.22. The molecule has 1 N–H and O–H groups in total. The minimum Gasteiger partial charge on any atom is -0.271 e. The molecule has 1 rings (SSSR count). The average Bonchev–Trinajstić information content (AvgIpc) is 2.61. The minimum absolute atomic E-state index is 0.0425. The highest BCUT2D eigenvalue weighted by Gasteiger charge is 2.15. The summed E-state index contributed by atoms with van der Waals surface area (Å²) in [7, 11) is 0. The normalized spacial score (nSPS) is 11.1. The van der Waals surface area contributed by atoms with Crippen molar-refractivity contribution in [3.63, 3.8) is 0 Å². The van der Waals surface area contributed by atoms with Crippen molar-refractivity contribution in [3.8, 4) is 0 Å². The SMILES string of the molecule is CC(C)ONC(=O)c1ccnn1CC(F)F. The van der Waals surface area contributed by atoms with Crippen molar-refractivity contribution in [1.82, 2.24) is 15.3 Å². The Bertz CT molecular complexity index is 352. The average molecular weight is 233 g/mol. The van der Waals surface area contributed by atoms with Gasteiger partial charge < -0.3 is 0 Å². The van der Waals surface area contributed by atoms with E-state index in [2.05, 4.69) is 10.6 Å². The lowest BCUT2D eigenvalue weighted by Crippen LogP contribution is -2.29. The highest BCUT2D eigenvalue weighted by atomic mass is 19.3. The number of carbonyl (C=O) groups is 1. The van der Waals surface area contributed by atoms with Crippen LogP contribution in [0, 0.1) is 0 Å². The van der Waals surface area contributed by atoms with Gasteiger partial charge in [0, 0.05) is 6.20 Å².